The maximum atomic E-state index is 13.2. The molecule has 5 heteroatoms. The van der Waals surface area contributed by atoms with Crippen LogP contribution in [0.2, 0.25) is 0 Å². The molecule has 22 heavy (non-hydrogen) atoms. The van der Waals surface area contributed by atoms with Gasteiger partial charge in [-0.1, -0.05) is 24.3 Å². The minimum Gasteiger partial charge on any atom is -0.314 e. The lowest BCUT2D eigenvalue weighted by atomic mass is 9.96. The maximum absolute atomic E-state index is 13.2. The molecule has 0 aromatic heterocycles. The van der Waals surface area contributed by atoms with E-state index in [-0.39, 0.29) is 30.1 Å². The first-order valence-corrected chi connectivity index (χ1v) is 7.20. The Balaban J connectivity index is 0.00000176. The van der Waals surface area contributed by atoms with Gasteiger partial charge in [0.25, 0.3) is 0 Å². The smallest absolute Gasteiger partial charge is 0.123 e. The Morgan fingerprint density at radius 2 is 1.18 bits per heavy atom. The Bertz CT molecular complexity index is 535. The highest BCUT2D eigenvalue weighted by Crippen LogP contribution is 2.29. The van der Waals surface area contributed by atoms with Crippen LogP contribution in [0.25, 0.3) is 0 Å². The first-order chi connectivity index (χ1) is 10.2. The number of halogens is 3. The summed E-state index contributed by atoms with van der Waals surface area (Å²) < 4.78 is 26.3. The third-order valence-electron chi connectivity index (χ3n) is 3.89. The Morgan fingerprint density at radius 1 is 0.773 bits per heavy atom. The van der Waals surface area contributed by atoms with E-state index in [1.807, 2.05) is 24.3 Å². The van der Waals surface area contributed by atoms with Gasteiger partial charge in [0, 0.05) is 26.2 Å². The van der Waals surface area contributed by atoms with Crippen LogP contribution in [-0.2, 0) is 0 Å². The molecule has 2 aromatic rings. The minimum atomic E-state index is -0.239. The number of benzene rings is 2. The van der Waals surface area contributed by atoms with Gasteiger partial charge in [0.15, 0.2) is 0 Å². The van der Waals surface area contributed by atoms with Gasteiger partial charge in [0.2, 0.25) is 0 Å². The highest BCUT2D eigenvalue weighted by Gasteiger charge is 2.23. The molecule has 0 spiro atoms. The first-order valence-electron chi connectivity index (χ1n) is 7.20. The van der Waals surface area contributed by atoms with Gasteiger partial charge in [-0.05, 0) is 35.4 Å². The molecule has 1 saturated heterocycles. The normalized spacial score (nSPS) is 15.6. The fraction of sp³-hybridized carbons (Fsp3) is 0.294. The molecule has 1 heterocycles. The largest absolute Gasteiger partial charge is 0.314 e. The summed E-state index contributed by atoms with van der Waals surface area (Å²) in [5.41, 5.74) is 2.06. The van der Waals surface area contributed by atoms with E-state index >= 15 is 0 Å². The highest BCUT2D eigenvalue weighted by molar-refractivity contribution is 5.85. The summed E-state index contributed by atoms with van der Waals surface area (Å²) in [7, 11) is 0. The van der Waals surface area contributed by atoms with Crippen molar-refractivity contribution >= 4 is 12.4 Å². The zero-order chi connectivity index (χ0) is 14.7. The van der Waals surface area contributed by atoms with Crippen molar-refractivity contribution in [2.45, 2.75) is 6.04 Å². The van der Waals surface area contributed by atoms with E-state index in [2.05, 4.69) is 10.2 Å². The molecule has 2 nitrogen and oxygen atoms in total. The molecule has 1 aliphatic rings. The lowest BCUT2D eigenvalue weighted by molar-refractivity contribution is 0.198. The molecule has 0 unspecified atom stereocenters. The summed E-state index contributed by atoms with van der Waals surface area (Å²) in [5.74, 6) is -0.478. The zero-order valence-corrected chi connectivity index (χ0v) is 13.0. The van der Waals surface area contributed by atoms with E-state index in [4.69, 9.17) is 0 Å². The molecule has 0 amide bonds. The fourth-order valence-electron chi connectivity index (χ4n) is 2.84. The van der Waals surface area contributed by atoms with Gasteiger partial charge in [-0.25, -0.2) is 8.78 Å². The van der Waals surface area contributed by atoms with Crippen LogP contribution in [0.5, 0.6) is 0 Å². The van der Waals surface area contributed by atoms with Crippen molar-refractivity contribution in [3.05, 3.63) is 71.3 Å². The predicted octanol–water partition coefficient (Wildman–Crippen LogP) is 3.38. The van der Waals surface area contributed by atoms with Crippen LogP contribution in [0.4, 0.5) is 8.78 Å². The van der Waals surface area contributed by atoms with Crippen molar-refractivity contribution in [3.63, 3.8) is 0 Å². The molecular weight excluding hydrogens is 306 g/mol. The number of piperazine rings is 1. The summed E-state index contributed by atoms with van der Waals surface area (Å²) in [6.45, 7) is 3.69. The van der Waals surface area contributed by atoms with Gasteiger partial charge in [0.05, 0.1) is 6.04 Å². The van der Waals surface area contributed by atoms with Crippen LogP contribution in [0.3, 0.4) is 0 Å². The topological polar surface area (TPSA) is 15.3 Å². The Kier molecular flexibility index (Phi) is 5.89. The van der Waals surface area contributed by atoms with E-state index in [1.165, 1.54) is 24.3 Å². The average molecular weight is 325 g/mol. The van der Waals surface area contributed by atoms with Crippen LogP contribution < -0.4 is 5.32 Å². The molecule has 0 saturated carbocycles. The predicted molar refractivity (Wildman–Crippen MR) is 86.3 cm³/mol. The highest BCUT2D eigenvalue weighted by atomic mass is 35.5. The summed E-state index contributed by atoms with van der Waals surface area (Å²) in [4.78, 5) is 2.34. The Morgan fingerprint density at radius 3 is 1.59 bits per heavy atom. The van der Waals surface area contributed by atoms with Crippen molar-refractivity contribution in [2.75, 3.05) is 26.2 Å². The van der Waals surface area contributed by atoms with E-state index < -0.39 is 0 Å². The minimum absolute atomic E-state index is 0. The number of hydrogen-bond acceptors (Lipinski definition) is 2. The summed E-state index contributed by atoms with van der Waals surface area (Å²) in [6, 6.07) is 13.2. The Hall–Kier alpha value is -1.49. The first kappa shape index (κ1) is 16.9. The lowest BCUT2D eigenvalue weighted by Crippen LogP contribution is -2.45. The van der Waals surface area contributed by atoms with Crippen molar-refractivity contribution in [3.8, 4) is 0 Å². The molecule has 0 aliphatic carbocycles. The third-order valence-corrected chi connectivity index (χ3v) is 3.89. The van der Waals surface area contributed by atoms with E-state index in [0.29, 0.717) is 0 Å². The van der Waals surface area contributed by atoms with Gasteiger partial charge in [-0.3, -0.25) is 4.90 Å². The number of nitrogens with zero attached hydrogens (tertiary/aromatic N) is 1. The summed E-state index contributed by atoms with van der Waals surface area (Å²) in [6.07, 6.45) is 0. The number of rotatable bonds is 3. The van der Waals surface area contributed by atoms with E-state index in [9.17, 15) is 8.78 Å². The standard InChI is InChI=1S/C17H18F2N2.ClH/c18-15-5-1-13(2-6-15)17(21-11-9-20-10-12-21)14-3-7-16(19)8-4-14;/h1-8,17,20H,9-12H2;1H. The van der Waals surface area contributed by atoms with Crippen LogP contribution in [-0.4, -0.2) is 31.1 Å². The molecule has 3 rings (SSSR count). The summed E-state index contributed by atoms with van der Waals surface area (Å²) in [5, 5.41) is 3.33. The van der Waals surface area contributed by atoms with Gasteiger partial charge in [-0.15, -0.1) is 12.4 Å². The van der Waals surface area contributed by atoms with Crippen molar-refractivity contribution < 1.29 is 8.78 Å². The van der Waals surface area contributed by atoms with Gasteiger partial charge >= 0.3 is 0 Å². The molecule has 1 N–H and O–H groups in total. The molecule has 118 valence electrons. The van der Waals surface area contributed by atoms with E-state index in [0.717, 1.165) is 37.3 Å². The van der Waals surface area contributed by atoms with Crippen molar-refractivity contribution in [1.29, 1.82) is 0 Å². The monoisotopic (exact) mass is 324 g/mol. The van der Waals surface area contributed by atoms with E-state index in [1.54, 1.807) is 0 Å². The summed E-state index contributed by atoms with van der Waals surface area (Å²) >= 11 is 0. The second kappa shape index (κ2) is 7.68. The quantitative estimate of drug-likeness (QED) is 0.931. The molecule has 1 fully saturated rings. The van der Waals surface area contributed by atoms with Gasteiger partial charge in [-0.2, -0.15) is 0 Å². The van der Waals surface area contributed by atoms with Crippen LogP contribution in [0.15, 0.2) is 48.5 Å². The lowest BCUT2D eigenvalue weighted by Gasteiger charge is -2.35. The molecule has 1 aliphatic heterocycles. The molecular formula is C17H19ClF2N2. The van der Waals surface area contributed by atoms with Crippen molar-refractivity contribution in [1.82, 2.24) is 10.2 Å². The van der Waals surface area contributed by atoms with Gasteiger partial charge in [0.1, 0.15) is 11.6 Å². The number of nitrogens with one attached hydrogen (secondary N) is 1. The molecule has 0 bridgehead atoms. The molecule has 0 radical (unpaired) electrons. The second-order valence-electron chi connectivity index (χ2n) is 5.29. The zero-order valence-electron chi connectivity index (χ0n) is 12.1. The van der Waals surface area contributed by atoms with Crippen LogP contribution in [0, 0.1) is 11.6 Å². The Labute approximate surface area is 135 Å². The van der Waals surface area contributed by atoms with Gasteiger partial charge < -0.3 is 5.32 Å². The average Bonchev–Trinajstić information content (AvgIpc) is 2.52. The fourth-order valence-corrected chi connectivity index (χ4v) is 2.84. The van der Waals surface area contributed by atoms with Crippen LogP contribution in [0.1, 0.15) is 17.2 Å². The SMILES string of the molecule is Cl.Fc1ccc(C(c2ccc(F)cc2)N2CCNCC2)cc1. The van der Waals surface area contributed by atoms with Crippen LogP contribution >= 0.6 is 12.4 Å². The third kappa shape index (κ3) is 3.83. The van der Waals surface area contributed by atoms with Crippen molar-refractivity contribution in [2.24, 2.45) is 0 Å². The number of hydrogen-bond donors (Lipinski definition) is 1. The molecule has 0 atom stereocenters. The maximum Gasteiger partial charge on any atom is 0.123 e. The second-order valence-corrected chi connectivity index (χ2v) is 5.29. The molecule has 2 aromatic carbocycles.